The van der Waals surface area contributed by atoms with E-state index in [1.54, 1.807) is 7.05 Å². The molecule has 0 fully saturated rings. The highest BCUT2D eigenvalue weighted by Gasteiger charge is 2.24. The normalized spacial score (nSPS) is 13.7. The fourth-order valence-electron chi connectivity index (χ4n) is 4.57. The number of phosphoric acid groups is 1. The first-order valence-electron chi connectivity index (χ1n) is 15.4. The minimum atomic E-state index is -4.12. The van der Waals surface area contributed by atoms with Crippen LogP contribution >= 0.6 is 7.82 Å². The van der Waals surface area contributed by atoms with Crippen LogP contribution in [0.1, 0.15) is 116 Å². The van der Waals surface area contributed by atoms with Gasteiger partial charge in [-0.2, -0.15) is 0 Å². The Labute approximate surface area is 238 Å². The van der Waals surface area contributed by atoms with E-state index in [0.29, 0.717) is 19.4 Å². The van der Waals surface area contributed by atoms with Crippen molar-refractivity contribution in [3.63, 3.8) is 0 Å². The molecule has 7 nitrogen and oxygen atoms in total. The first-order valence-corrected chi connectivity index (χ1v) is 16.9. The standard InChI is InChI=1S/C31H56NO6P/c1-4-6-7-8-9-10-11-12-13-14-24-36-31-21-19-28(20-22-31)17-15-18-29(26-30(33)16-5-2)27-38-39(34,35)37-25-23-32-3/h19-22,29,32H,4-18,23-27H2,1-3H3,(H,34,35). The molecule has 1 aromatic carbocycles. The van der Waals surface area contributed by atoms with Gasteiger partial charge in [0, 0.05) is 19.4 Å². The molecule has 0 bridgehead atoms. The summed E-state index contributed by atoms with van der Waals surface area (Å²) in [5.74, 6) is 0.961. The first kappa shape index (κ1) is 35.8. The zero-order valence-corrected chi connectivity index (χ0v) is 25.9. The Morgan fingerprint density at radius 1 is 0.872 bits per heavy atom. The van der Waals surface area contributed by atoms with Gasteiger partial charge in [-0.05, 0) is 62.8 Å². The quantitative estimate of drug-likeness (QED) is 0.0818. The van der Waals surface area contributed by atoms with E-state index in [-0.39, 0.29) is 24.9 Å². The zero-order valence-electron chi connectivity index (χ0n) is 25.0. The van der Waals surface area contributed by atoms with E-state index < -0.39 is 7.82 Å². The lowest BCUT2D eigenvalue weighted by Gasteiger charge is -2.19. The molecule has 0 radical (unpaired) electrons. The second-order valence-corrected chi connectivity index (χ2v) is 12.1. The number of Topliss-reactive ketones (excluding diaryl/α,β-unsaturated/α-hetero) is 1. The number of hydrogen-bond acceptors (Lipinski definition) is 6. The number of unbranched alkanes of at least 4 members (excludes halogenated alkanes) is 9. The average Bonchev–Trinajstić information content (AvgIpc) is 2.91. The highest BCUT2D eigenvalue weighted by Crippen LogP contribution is 2.43. The van der Waals surface area contributed by atoms with Crippen LogP contribution in [0.2, 0.25) is 0 Å². The molecule has 2 N–H and O–H groups in total. The van der Waals surface area contributed by atoms with Crippen LogP contribution in [0.25, 0.3) is 0 Å². The van der Waals surface area contributed by atoms with Crippen molar-refractivity contribution in [3.8, 4) is 5.75 Å². The van der Waals surface area contributed by atoms with E-state index >= 15 is 0 Å². The molecule has 0 aliphatic rings. The number of carbonyl (C=O) groups is 1. The number of aryl methyl sites for hydroxylation is 1. The van der Waals surface area contributed by atoms with E-state index in [0.717, 1.165) is 44.5 Å². The number of hydrogen-bond donors (Lipinski definition) is 2. The van der Waals surface area contributed by atoms with Crippen LogP contribution in [0, 0.1) is 5.92 Å². The second kappa shape index (κ2) is 23.5. The molecule has 8 heteroatoms. The van der Waals surface area contributed by atoms with Crippen LogP contribution in [0.4, 0.5) is 0 Å². The topological polar surface area (TPSA) is 94.1 Å². The van der Waals surface area contributed by atoms with Crippen molar-refractivity contribution in [2.24, 2.45) is 5.92 Å². The summed E-state index contributed by atoms with van der Waals surface area (Å²) in [5.41, 5.74) is 1.21. The maximum atomic E-state index is 12.2. The Bertz CT molecular complexity index is 773. The summed E-state index contributed by atoms with van der Waals surface area (Å²) >= 11 is 0. The largest absolute Gasteiger partial charge is 0.494 e. The molecular formula is C31H56NO6P. The third-order valence-electron chi connectivity index (χ3n) is 6.89. The Hall–Kier alpha value is -1.24. The average molecular weight is 570 g/mol. The highest BCUT2D eigenvalue weighted by molar-refractivity contribution is 7.47. The molecule has 39 heavy (non-hydrogen) atoms. The summed E-state index contributed by atoms with van der Waals surface area (Å²) in [6.45, 7) is 5.58. The molecule has 0 aliphatic heterocycles. The highest BCUT2D eigenvalue weighted by atomic mass is 31.2. The Morgan fingerprint density at radius 3 is 2.13 bits per heavy atom. The van der Waals surface area contributed by atoms with Gasteiger partial charge in [0.2, 0.25) is 0 Å². The number of nitrogens with one attached hydrogen (secondary N) is 1. The summed E-state index contributed by atoms with van der Waals surface area (Å²) in [6, 6.07) is 8.25. The van der Waals surface area contributed by atoms with Crippen molar-refractivity contribution in [1.82, 2.24) is 5.32 Å². The van der Waals surface area contributed by atoms with Crippen LogP contribution in [0.3, 0.4) is 0 Å². The number of benzene rings is 1. The minimum absolute atomic E-state index is 0.0362. The molecule has 0 aliphatic carbocycles. The summed E-state index contributed by atoms with van der Waals surface area (Å²) < 4.78 is 28.2. The van der Waals surface area contributed by atoms with E-state index in [1.807, 2.05) is 19.1 Å². The van der Waals surface area contributed by atoms with Crippen LogP contribution < -0.4 is 10.1 Å². The van der Waals surface area contributed by atoms with Crippen LogP contribution in [0.15, 0.2) is 24.3 Å². The van der Waals surface area contributed by atoms with E-state index in [9.17, 15) is 14.3 Å². The number of carbonyl (C=O) groups excluding carboxylic acids is 1. The molecule has 0 amide bonds. The third kappa shape index (κ3) is 20.3. The van der Waals surface area contributed by atoms with Gasteiger partial charge in [-0.15, -0.1) is 0 Å². The number of phosphoric ester groups is 1. The molecule has 2 atom stereocenters. The van der Waals surface area contributed by atoms with E-state index in [4.69, 9.17) is 13.8 Å². The Morgan fingerprint density at radius 2 is 1.51 bits per heavy atom. The zero-order chi connectivity index (χ0) is 28.6. The molecule has 0 spiro atoms. The smallest absolute Gasteiger partial charge is 0.472 e. The predicted molar refractivity (Wildman–Crippen MR) is 160 cm³/mol. The molecule has 0 aromatic heterocycles. The Kier molecular flexibility index (Phi) is 21.5. The lowest BCUT2D eigenvalue weighted by molar-refractivity contribution is -0.120. The maximum absolute atomic E-state index is 12.2. The van der Waals surface area contributed by atoms with E-state index in [2.05, 4.69) is 24.4 Å². The molecule has 2 unspecified atom stereocenters. The Balaban J connectivity index is 2.31. The lowest BCUT2D eigenvalue weighted by atomic mass is 9.94. The summed E-state index contributed by atoms with van der Waals surface area (Å²) in [6.07, 6.45) is 17.3. The molecule has 1 rings (SSSR count). The fourth-order valence-corrected chi connectivity index (χ4v) is 5.37. The maximum Gasteiger partial charge on any atom is 0.472 e. The number of ether oxygens (including phenoxy) is 1. The van der Waals surface area contributed by atoms with E-state index in [1.165, 1.54) is 63.4 Å². The molecule has 0 saturated heterocycles. The van der Waals surface area contributed by atoms with Gasteiger partial charge in [0.15, 0.2) is 0 Å². The number of rotatable bonds is 27. The van der Waals surface area contributed by atoms with Crippen molar-refractivity contribution >= 4 is 13.6 Å². The van der Waals surface area contributed by atoms with Crippen LogP contribution in [-0.2, 0) is 24.8 Å². The second-order valence-electron chi connectivity index (χ2n) is 10.6. The summed E-state index contributed by atoms with van der Waals surface area (Å²) in [7, 11) is -2.38. The van der Waals surface area contributed by atoms with Crippen molar-refractivity contribution in [3.05, 3.63) is 29.8 Å². The van der Waals surface area contributed by atoms with Gasteiger partial charge in [0.05, 0.1) is 19.8 Å². The first-order chi connectivity index (χ1) is 18.9. The van der Waals surface area contributed by atoms with Gasteiger partial charge >= 0.3 is 7.82 Å². The minimum Gasteiger partial charge on any atom is -0.494 e. The molecule has 226 valence electrons. The van der Waals surface area contributed by atoms with Gasteiger partial charge in [-0.25, -0.2) is 4.57 Å². The van der Waals surface area contributed by atoms with Crippen molar-refractivity contribution in [1.29, 1.82) is 0 Å². The van der Waals surface area contributed by atoms with Gasteiger partial charge in [-0.3, -0.25) is 13.8 Å². The van der Waals surface area contributed by atoms with Crippen LogP contribution in [0.5, 0.6) is 5.75 Å². The summed E-state index contributed by atoms with van der Waals surface area (Å²) in [5, 5.41) is 2.85. The van der Waals surface area contributed by atoms with Crippen LogP contribution in [-0.4, -0.2) is 44.1 Å². The predicted octanol–water partition coefficient (Wildman–Crippen LogP) is 8.04. The number of likely N-dealkylation sites (N-methyl/N-ethyl adjacent to an activating group) is 1. The molecule has 1 aromatic rings. The molecule has 0 saturated carbocycles. The fraction of sp³-hybridized carbons (Fsp3) is 0.774. The molecule has 0 heterocycles. The third-order valence-corrected chi connectivity index (χ3v) is 7.88. The molecular weight excluding hydrogens is 513 g/mol. The summed E-state index contributed by atoms with van der Waals surface area (Å²) in [4.78, 5) is 22.1. The van der Waals surface area contributed by atoms with Crippen molar-refractivity contribution in [2.45, 2.75) is 117 Å². The van der Waals surface area contributed by atoms with Gasteiger partial charge in [0.25, 0.3) is 0 Å². The van der Waals surface area contributed by atoms with Crippen molar-refractivity contribution in [2.75, 3.05) is 33.4 Å². The number of ketones is 1. The monoisotopic (exact) mass is 569 g/mol. The van der Waals surface area contributed by atoms with Crippen molar-refractivity contribution < 1.29 is 28.0 Å². The van der Waals surface area contributed by atoms with Gasteiger partial charge in [-0.1, -0.05) is 83.8 Å². The van der Waals surface area contributed by atoms with Gasteiger partial charge < -0.3 is 14.9 Å². The lowest BCUT2D eigenvalue weighted by Crippen LogP contribution is -2.17. The SMILES string of the molecule is CCCCCCCCCCCCOc1ccc(CCCC(COP(=O)(O)OCCNC)CC(=O)CCC)cc1. The van der Waals surface area contributed by atoms with Gasteiger partial charge in [0.1, 0.15) is 11.5 Å².